The van der Waals surface area contributed by atoms with Gasteiger partial charge in [-0.2, -0.15) is 0 Å². The molecule has 24 heavy (non-hydrogen) atoms. The molecule has 2 fully saturated rings. The monoisotopic (exact) mass is 452 g/mol. The molecular formula is C17H33IN4O2. The van der Waals surface area contributed by atoms with E-state index in [2.05, 4.69) is 27.0 Å². The van der Waals surface area contributed by atoms with Crippen LogP contribution in [-0.4, -0.2) is 72.6 Å². The predicted octanol–water partition coefficient (Wildman–Crippen LogP) is 2.08. The zero-order chi connectivity index (χ0) is 16.9. The average molecular weight is 452 g/mol. The van der Waals surface area contributed by atoms with Crippen molar-refractivity contribution in [3.63, 3.8) is 0 Å². The Bertz CT molecular complexity index is 431. The summed E-state index contributed by atoms with van der Waals surface area (Å²) in [7, 11) is 0. The second-order valence-electron chi connectivity index (χ2n) is 7.39. The molecule has 0 amide bonds. The first-order chi connectivity index (χ1) is 10.9. The van der Waals surface area contributed by atoms with Crippen LogP contribution < -0.4 is 5.32 Å². The lowest BCUT2D eigenvalue weighted by molar-refractivity contribution is -0.152. The smallest absolute Gasteiger partial charge is 0.328 e. The highest BCUT2D eigenvalue weighted by Crippen LogP contribution is 2.20. The van der Waals surface area contributed by atoms with Gasteiger partial charge in [0.2, 0.25) is 0 Å². The molecule has 6 nitrogen and oxygen atoms in total. The van der Waals surface area contributed by atoms with Gasteiger partial charge in [-0.1, -0.05) is 0 Å². The van der Waals surface area contributed by atoms with E-state index in [0.717, 1.165) is 25.6 Å². The molecule has 2 saturated heterocycles. The average Bonchev–Trinajstić information content (AvgIpc) is 3.11. The molecule has 2 aliphatic rings. The van der Waals surface area contributed by atoms with Crippen LogP contribution >= 0.6 is 24.0 Å². The number of esters is 1. The molecule has 2 rings (SSSR count). The van der Waals surface area contributed by atoms with Crippen molar-refractivity contribution in [2.75, 3.05) is 39.3 Å². The lowest BCUT2D eigenvalue weighted by Crippen LogP contribution is -2.43. The van der Waals surface area contributed by atoms with Gasteiger partial charge in [-0.05, 0) is 60.0 Å². The molecule has 0 spiro atoms. The van der Waals surface area contributed by atoms with Crippen LogP contribution in [0.4, 0.5) is 0 Å². The van der Waals surface area contributed by atoms with Crippen LogP contribution in [0.3, 0.4) is 0 Å². The summed E-state index contributed by atoms with van der Waals surface area (Å²) < 4.78 is 5.33. The van der Waals surface area contributed by atoms with Gasteiger partial charge in [-0.15, -0.1) is 24.0 Å². The van der Waals surface area contributed by atoms with E-state index in [9.17, 15) is 4.79 Å². The van der Waals surface area contributed by atoms with E-state index in [1.165, 1.54) is 32.4 Å². The summed E-state index contributed by atoms with van der Waals surface area (Å²) in [5.41, 5.74) is -0.459. The molecule has 1 atom stereocenters. The van der Waals surface area contributed by atoms with Crippen LogP contribution in [0.1, 0.15) is 47.0 Å². The van der Waals surface area contributed by atoms with Gasteiger partial charge in [0.25, 0.3) is 0 Å². The Morgan fingerprint density at radius 2 is 1.92 bits per heavy atom. The molecule has 2 heterocycles. The summed E-state index contributed by atoms with van der Waals surface area (Å²) in [6.07, 6.45) is 3.82. The highest BCUT2D eigenvalue weighted by atomic mass is 127. The van der Waals surface area contributed by atoms with Crippen LogP contribution in [0.5, 0.6) is 0 Å². The number of ether oxygens (including phenoxy) is 1. The van der Waals surface area contributed by atoms with Gasteiger partial charge in [0.15, 0.2) is 5.96 Å². The molecule has 0 bridgehead atoms. The fourth-order valence-electron chi connectivity index (χ4n) is 3.28. The van der Waals surface area contributed by atoms with E-state index < -0.39 is 5.60 Å². The lowest BCUT2D eigenvalue weighted by Gasteiger charge is -2.25. The van der Waals surface area contributed by atoms with Crippen molar-refractivity contribution in [1.82, 2.24) is 15.1 Å². The molecule has 2 aliphatic heterocycles. The Labute approximate surface area is 163 Å². The van der Waals surface area contributed by atoms with Crippen LogP contribution in [0.15, 0.2) is 4.99 Å². The Morgan fingerprint density at radius 1 is 1.25 bits per heavy atom. The number of nitrogens with zero attached hydrogens (tertiary/aromatic N) is 3. The standard InChI is InChI=1S/C17H32N4O2.HI/c1-5-18-16(19-12-15(22)23-17(2,3)4)21-11-8-14(13-21)20-9-6-7-10-20;/h14H,5-13H2,1-4H3,(H,18,19);1H. The van der Waals surface area contributed by atoms with Crippen LogP contribution in [0, 0.1) is 0 Å². The highest BCUT2D eigenvalue weighted by Gasteiger charge is 2.30. The van der Waals surface area contributed by atoms with Gasteiger partial charge in [-0.3, -0.25) is 9.69 Å². The van der Waals surface area contributed by atoms with Gasteiger partial charge in [0.05, 0.1) is 0 Å². The molecule has 0 aromatic rings. The summed E-state index contributed by atoms with van der Waals surface area (Å²) in [5, 5.41) is 3.30. The number of carbonyl (C=O) groups excluding carboxylic acids is 1. The summed E-state index contributed by atoms with van der Waals surface area (Å²) >= 11 is 0. The van der Waals surface area contributed by atoms with E-state index in [0.29, 0.717) is 6.04 Å². The Morgan fingerprint density at radius 3 is 2.50 bits per heavy atom. The van der Waals surface area contributed by atoms with E-state index in [-0.39, 0.29) is 36.5 Å². The topological polar surface area (TPSA) is 57.2 Å². The number of likely N-dealkylation sites (tertiary alicyclic amines) is 2. The number of halogens is 1. The van der Waals surface area contributed by atoms with Gasteiger partial charge >= 0.3 is 5.97 Å². The van der Waals surface area contributed by atoms with Gasteiger partial charge in [0, 0.05) is 25.7 Å². The third-order valence-corrected chi connectivity index (χ3v) is 4.23. The third kappa shape index (κ3) is 6.74. The Balaban J connectivity index is 0.00000288. The molecular weight excluding hydrogens is 419 g/mol. The fraction of sp³-hybridized carbons (Fsp3) is 0.882. The normalized spacial score (nSPS) is 22.4. The third-order valence-electron chi connectivity index (χ3n) is 4.23. The second-order valence-corrected chi connectivity index (χ2v) is 7.39. The van der Waals surface area contributed by atoms with Gasteiger partial charge in [-0.25, -0.2) is 4.99 Å². The summed E-state index contributed by atoms with van der Waals surface area (Å²) in [6, 6.07) is 0.628. The maximum absolute atomic E-state index is 11.9. The fourth-order valence-corrected chi connectivity index (χ4v) is 3.28. The lowest BCUT2D eigenvalue weighted by atomic mass is 10.2. The first-order valence-corrected chi connectivity index (χ1v) is 8.88. The molecule has 140 valence electrons. The predicted molar refractivity (Wildman–Crippen MR) is 108 cm³/mol. The number of nitrogens with one attached hydrogen (secondary N) is 1. The van der Waals surface area contributed by atoms with Gasteiger partial charge in [0.1, 0.15) is 12.1 Å². The summed E-state index contributed by atoms with van der Waals surface area (Å²) in [5.74, 6) is 0.559. The minimum atomic E-state index is -0.459. The van der Waals surface area contributed by atoms with Crippen molar-refractivity contribution in [3.05, 3.63) is 0 Å². The van der Waals surface area contributed by atoms with Crippen molar-refractivity contribution in [3.8, 4) is 0 Å². The number of hydrogen-bond acceptors (Lipinski definition) is 4. The quantitative estimate of drug-likeness (QED) is 0.307. The summed E-state index contributed by atoms with van der Waals surface area (Å²) in [6.45, 7) is 13.0. The zero-order valence-electron chi connectivity index (χ0n) is 15.5. The number of hydrogen-bond donors (Lipinski definition) is 1. The molecule has 1 N–H and O–H groups in total. The maximum Gasteiger partial charge on any atom is 0.328 e. The number of aliphatic imine (C=N–C) groups is 1. The Kier molecular flexibility index (Phi) is 8.76. The minimum absolute atomic E-state index is 0. The van der Waals surface area contributed by atoms with Crippen molar-refractivity contribution in [2.24, 2.45) is 4.99 Å². The molecule has 0 saturated carbocycles. The van der Waals surface area contributed by atoms with E-state index in [1.54, 1.807) is 0 Å². The largest absolute Gasteiger partial charge is 0.459 e. The molecule has 0 aromatic carbocycles. The van der Waals surface area contributed by atoms with Crippen LogP contribution in [0.25, 0.3) is 0 Å². The number of carbonyl (C=O) groups is 1. The first kappa shape index (κ1) is 21.5. The van der Waals surface area contributed by atoms with E-state index in [1.807, 2.05) is 20.8 Å². The van der Waals surface area contributed by atoms with Crippen LogP contribution in [0.2, 0.25) is 0 Å². The van der Waals surface area contributed by atoms with Crippen molar-refractivity contribution < 1.29 is 9.53 Å². The summed E-state index contributed by atoms with van der Waals surface area (Å²) in [4.78, 5) is 21.2. The van der Waals surface area contributed by atoms with Crippen molar-refractivity contribution >= 4 is 35.9 Å². The highest BCUT2D eigenvalue weighted by molar-refractivity contribution is 14.0. The van der Waals surface area contributed by atoms with Gasteiger partial charge < -0.3 is 15.0 Å². The van der Waals surface area contributed by atoms with Crippen molar-refractivity contribution in [2.45, 2.75) is 58.6 Å². The maximum atomic E-state index is 11.9. The van der Waals surface area contributed by atoms with Crippen molar-refractivity contribution in [1.29, 1.82) is 0 Å². The molecule has 0 radical (unpaired) electrons. The molecule has 0 aromatic heterocycles. The SMILES string of the molecule is CCNC(=NCC(=O)OC(C)(C)C)N1CCC(N2CCCC2)C1.I. The molecule has 7 heteroatoms. The molecule has 1 unspecified atom stereocenters. The zero-order valence-corrected chi connectivity index (χ0v) is 17.8. The Hall–Kier alpha value is -0.570. The number of guanidine groups is 1. The minimum Gasteiger partial charge on any atom is -0.459 e. The second kappa shape index (κ2) is 9.79. The molecule has 0 aliphatic carbocycles. The van der Waals surface area contributed by atoms with Crippen LogP contribution in [-0.2, 0) is 9.53 Å². The number of rotatable bonds is 4. The van der Waals surface area contributed by atoms with E-state index in [4.69, 9.17) is 4.74 Å². The first-order valence-electron chi connectivity index (χ1n) is 8.88. The van der Waals surface area contributed by atoms with E-state index >= 15 is 0 Å².